The summed E-state index contributed by atoms with van der Waals surface area (Å²) >= 11 is 0. The van der Waals surface area contributed by atoms with E-state index in [2.05, 4.69) is 10.1 Å². The SMILES string of the molecule is COc1ccccc1N1CC(C(=O)NCc2ccc(COCC(F)(F)F)cc2)CC1=O. The van der Waals surface area contributed by atoms with Gasteiger partial charge in [0.1, 0.15) is 12.4 Å². The van der Waals surface area contributed by atoms with E-state index in [4.69, 9.17) is 4.74 Å². The van der Waals surface area contributed by atoms with Crippen LogP contribution in [0.5, 0.6) is 5.75 Å². The van der Waals surface area contributed by atoms with Crippen LogP contribution in [-0.2, 0) is 27.5 Å². The smallest absolute Gasteiger partial charge is 0.411 e. The molecule has 2 aromatic carbocycles. The van der Waals surface area contributed by atoms with Crippen molar-refractivity contribution in [2.45, 2.75) is 25.7 Å². The van der Waals surface area contributed by atoms with Crippen molar-refractivity contribution in [1.82, 2.24) is 5.32 Å². The maximum absolute atomic E-state index is 12.6. The Labute approximate surface area is 177 Å². The fourth-order valence-electron chi connectivity index (χ4n) is 3.34. The van der Waals surface area contributed by atoms with Gasteiger partial charge in [0.25, 0.3) is 0 Å². The third-order valence-electron chi connectivity index (χ3n) is 4.90. The monoisotopic (exact) mass is 436 g/mol. The van der Waals surface area contributed by atoms with Crippen LogP contribution in [0.15, 0.2) is 48.5 Å². The first-order chi connectivity index (χ1) is 14.8. The predicted octanol–water partition coefficient (Wildman–Crippen LogP) is 3.44. The molecule has 6 nitrogen and oxygen atoms in total. The quantitative estimate of drug-likeness (QED) is 0.689. The van der Waals surface area contributed by atoms with Crippen molar-refractivity contribution in [3.8, 4) is 5.75 Å². The number of amides is 2. The third-order valence-corrected chi connectivity index (χ3v) is 4.90. The molecule has 1 fully saturated rings. The number of hydrogen-bond acceptors (Lipinski definition) is 4. The lowest BCUT2D eigenvalue weighted by Crippen LogP contribution is -2.32. The van der Waals surface area contributed by atoms with Gasteiger partial charge in [0.15, 0.2) is 0 Å². The molecule has 0 aliphatic carbocycles. The van der Waals surface area contributed by atoms with Crippen LogP contribution < -0.4 is 15.0 Å². The molecule has 2 aromatic rings. The van der Waals surface area contributed by atoms with E-state index in [0.717, 1.165) is 5.56 Å². The molecule has 3 rings (SSSR count). The van der Waals surface area contributed by atoms with E-state index in [1.165, 1.54) is 7.11 Å². The summed E-state index contributed by atoms with van der Waals surface area (Å²) in [5.74, 6) is -0.292. The van der Waals surface area contributed by atoms with Gasteiger partial charge in [-0.1, -0.05) is 36.4 Å². The number of rotatable bonds is 8. The molecule has 0 radical (unpaired) electrons. The van der Waals surface area contributed by atoms with Gasteiger partial charge in [0.2, 0.25) is 11.8 Å². The van der Waals surface area contributed by atoms with E-state index < -0.39 is 18.7 Å². The summed E-state index contributed by atoms with van der Waals surface area (Å²) in [6.45, 7) is -0.922. The van der Waals surface area contributed by atoms with Gasteiger partial charge < -0.3 is 19.7 Å². The number of halogens is 3. The van der Waals surface area contributed by atoms with Crippen molar-refractivity contribution < 1.29 is 32.2 Å². The minimum absolute atomic E-state index is 0.110. The Morgan fingerprint density at radius 2 is 1.81 bits per heavy atom. The average Bonchev–Trinajstić information content (AvgIpc) is 3.13. The van der Waals surface area contributed by atoms with Crippen molar-refractivity contribution >= 4 is 17.5 Å². The minimum Gasteiger partial charge on any atom is -0.495 e. The number of carbonyl (C=O) groups excluding carboxylic acids is 2. The number of alkyl halides is 3. The number of benzene rings is 2. The highest BCUT2D eigenvalue weighted by Gasteiger charge is 2.36. The van der Waals surface area contributed by atoms with Gasteiger partial charge in [0.05, 0.1) is 25.3 Å². The molecule has 9 heteroatoms. The average molecular weight is 436 g/mol. The van der Waals surface area contributed by atoms with E-state index in [0.29, 0.717) is 17.0 Å². The molecule has 166 valence electrons. The second-order valence-electron chi connectivity index (χ2n) is 7.22. The third kappa shape index (κ3) is 6.21. The number of hydrogen-bond donors (Lipinski definition) is 1. The molecule has 2 amide bonds. The molecule has 1 saturated heterocycles. The van der Waals surface area contributed by atoms with E-state index >= 15 is 0 Å². The van der Waals surface area contributed by atoms with Crippen LogP contribution in [0.4, 0.5) is 18.9 Å². The van der Waals surface area contributed by atoms with Gasteiger partial charge >= 0.3 is 6.18 Å². The Balaban J connectivity index is 1.50. The Morgan fingerprint density at radius 3 is 2.48 bits per heavy atom. The molecule has 0 spiro atoms. The molecule has 0 aromatic heterocycles. The molecule has 1 N–H and O–H groups in total. The molecule has 1 atom stereocenters. The van der Waals surface area contributed by atoms with Crippen molar-refractivity contribution in [3.05, 3.63) is 59.7 Å². The number of anilines is 1. The lowest BCUT2D eigenvalue weighted by molar-refractivity contribution is -0.176. The first-order valence-electron chi connectivity index (χ1n) is 9.70. The van der Waals surface area contributed by atoms with Crippen LogP contribution in [-0.4, -0.2) is 38.3 Å². The van der Waals surface area contributed by atoms with Crippen LogP contribution in [0.25, 0.3) is 0 Å². The van der Waals surface area contributed by atoms with Crippen LogP contribution in [0.1, 0.15) is 17.5 Å². The first-order valence-corrected chi connectivity index (χ1v) is 9.70. The first kappa shape index (κ1) is 22.6. The lowest BCUT2D eigenvalue weighted by atomic mass is 10.1. The number of nitrogens with one attached hydrogen (secondary N) is 1. The topological polar surface area (TPSA) is 67.9 Å². The largest absolute Gasteiger partial charge is 0.495 e. The van der Waals surface area contributed by atoms with Crippen LogP contribution in [0.3, 0.4) is 0 Å². The number of para-hydroxylation sites is 2. The molecule has 0 saturated carbocycles. The fraction of sp³-hybridized carbons (Fsp3) is 0.364. The van der Waals surface area contributed by atoms with E-state index in [9.17, 15) is 22.8 Å². The molecule has 1 heterocycles. The highest BCUT2D eigenvalue weighted by molar-refractivity contribution is 6.01. The Bertz CT molecular complexity index is 916. The summed E-state index contributed by atoms with van der Waals surface area (Å²) in [5, 5.41) is 2.82. The number of nitrogens with zero attached hydrogens (tertiary/aromatic N) is 1. The van der Waals surface area contributed by atoms with Gasteiger partial charge in [0, 0.05) is 19.5 Å². The van der Waals surface area contributed by atoms with Gasteiger partial charge in [-0.05, 0) is 23.3 Å². The Hall–Kier alpha value is -3.07. The van der Waals surface area contributed by atoms with Gasteiger partial charge in [-0.25, -0.2) is 0 Å². The molecular formula is C22H23F3N2O4. The van der Waals surface area contributed by atoms with Crippen LogP contribution in [0.2, 0.25) is 0 Å². The summed E-state index contributed by atoms with van der Waals surface area (Å²) in [6.07, 6.45) is -4.24. The van der Waals surface area contributed by atoms with Crippen molar-refractivity contribution in [2.24, 2.45) is 5.92 Å². The highest BCUT2D eigenvalue weighted by Crippen LogP contribution is 2.32. The summed E-state index contributed by atoms with van der Waals surface area (Å²) in [7, 11) is 1.53. The molecule has 1 unspecified atom stereocenters. The van der Waals surface area contributed by atoms with E-state index in [1.54, 1.807) is 53.4 Å². The van der Waals surface area contributed by atoms with Gasteiger partial charge in [-0.2, -0.15) is 13.2 Å². The minimum atomic E-state index is -4.35. The summed E-state index contributed by atoms with van der Waals surface area (Å²) in [5.41, 5.74) is 2.03. The maximum Gasteiger partial charge on any atom is 0.411 e. The van der Waals surface area contributed by atoms with Crippen LogP contribution in [0, 0.1) is 5.92 Å². The molecule has 1 aliphatic heterocycles. The van der Waals surface area contributed by atoms with Crippen molar-refractivity contribution in [1.29, 1.82) is 0 Å². The Morgan fingerprint density at radius 1 is 1.13 bits per heavy atom. The standard InChI is InChI=1S/C22H23F3N2O4/c1-30-19-5-3-2-4-18(19)27-12-17(10-20(27)28)21(29)26-11-15-6-8-16(9-7-15)13-31-14-22(23,24)25/h2-9,17H,10-14H2,1H3,(H,26,29). The number of carbonyl (C=O) groups is 2. The second kappa shape index (κ2) is 9.82. The maximum atomic E-state index is 12.6. The Kier molecular flexibility index (Phi) is 7.17. The zero-order chi connectivity index (χ0) is 22.4. The zero-order valence-corrected chi connectivity index (χ0v) is 16.9. The van der Waals surface area contributed by atoms with E-state index in [-0.39, 0.29) is 37.9 Å². The summed E-state index contributed by atoms with van der Waals surface area (Å²) in [4.78, 5) is 26.5. The predicted molar refractivity (Wildman–Crippen MR) is 107 cm³/mol. The molecule has 31 heavy (non-hydrogen) atoms. The fourth-order valence-corrected chi connectivity index (χ4v) is 3.34. The van der Waals surface area contributed by atoms with Crippen LogP contribution >= 0.6 is 0 Å². The molecular weight excluding hydrogens is 413 g/mol. The van der Waals surface area contributed by atoms with E-state index in [1.807, 2.05) is 0 Å². The molecule has 1 aliphatic rings. The second-order valence-corrected chi connectivity index (χ2v) is 7.22. The number of ether oxygens (including phenoxy) is 2. The molecule has 0 bridgehead atoms. The highest BCUT2D eigenvalue weighted by atomic mass is 19.4. The number of methoxy groups -OCH3 is 1. The lowest BCUT2D eigenvalue weighted by Gasteiger charge is -2.19. The van der Waals surface area contributed by atoms with Crippen molar-refractivity contribution in [3.63, 3.8) is 0 Å². The van der Waals surface area contributed by atoms with Gasteiger partial charge in [-0.15, -0.1) is 0 Å². The summed E-state index contributed by atoms with van der Waals surface area (Å²) < 4.78 is 46.3. The zero-order valence-electron chi connectivity index (χ0n) is 16.9. The van der Waals surface area contributed by atoms with Gasteiger partial charge in [-0.3, -0.25) is 9.59 Å². The van der Waals surface area contributed by atoms with Crippen molar-refractivity contribution in [2.75, 3.05) is 25.2 Å². The summed E-state index contributed by atoms with van der Waals surface area (Å²) in [6, 6.07) is 13.9. The normalized spacial score (nSPS) is 16.5.